The Morgan fingerprint density at radius 3 is 1.85 bits per heavy atom. The third-order valence-corrected chi connectivity index (χ3v) is 3.30. The van der Waals surface area contributed by atoms with Gasteiger partial charge in [0.2, 0.25) is 11.8 Å². The SMILES string of the molecule is CC(C)OCC(=O)NCCOCCC(=O)NCCOCCC(=O)C(C)C. The number of rotatable bonds is 16. The minimum atomic E-state index is -0.185. The summed E-state index contributed by atoms with van der Waals surface area (Å²) in [5, 5.41) is 5.38. The summed E-state index contributed by atoms with van der Waals surface area (Å²) in [6, 6.07) is 0. The zero-order valence-electron chi connectivity index (χ0n) is 16.5. The number of hydrogen-bond acceptors (Lipinski definition) is 6. The van der Waals surface area contributed by atoms with E-state index >= 15 is 0 Å². The molecule has 152 valence electrons. The monoisotopic (exact) mass is 374 g/mol. The van der Waals surface area contributed by atoms with E-state index in [0.717, 1.165) is 0 Å². The molecule has 0 aliphatic heterocycles. The summed E-state index contributed by atoms with van der Waals surface area (Å²) in [4.78, 5) is 34.3. The van der Waals surface area contributed by atoms with Gasteiger partial charge in [-0.3, -0.25) is 14.4 Å². The van der Waals surface area contributed by atoms with Gasteiger partial charge in [-0.15, -0.1) is 0 Å². The summed E-state index contributed by atoms with van der Waals surface area (Å²) in [5.41, 5.74) is 0. The zero-order valence-corrected chi connectivity index (χ0v) is 16.5. The molecule has 0 saturated carbocycles. The van der Waals surface area contributed by atoms with Crippen molar-refractivity contribution < 1.29 is 28.6 Å². The van der Waals surface area contributed by atoms with E-state index in [1.807, 2.05) is 27.7 Å². The van der Waals surface area contributed by atoms with E-state index in [1.54, 1.807) is 0 Å². The smallest absolute Gasteiger partial charge is 0.246 e. The number of amides is 2. The Morgan fingerprint density at radius 1 is 0.769 bits per heavy atom. The molecule has 0 aromatic rings. The first-order chi connectivity index (χ1) is 12.3. The predicted octanol–water partition coefficient (Wildman–Crippen LogP) is 0.682. The molecule has 0 aromatic carbocycles. The van der Waals surface area contributed by atoms with Gasteiger partial charge >= 0.3 is 0 Å². The molecule has 2 amide bonds. The van der Waals surface area contributed by atoms with Gasteiger partial charge in [0.1, 0.15) is 12.4 Å². The van der Waals surface area contributed by atoms with Crippen molar-refractivity contribution >= 4 is 17.6 Å². The molecule has 8 heteroatoms. The second-order valence-corrected chi connectivity index (χ2v) is 6.41. The third kappa shape index (κ3) is 16.0. The topological polar surface area (TPSA) is 103 Å². The highest BCUT2D eigenvalue weighted by Crippen LogP contribution is 1.98. The standard InChI is InChI=1S/C18H34N2O6/c1-14(2)16(21)5-9-24-11-7-19-17(22)6-10-25-12-8-20-18(23)13-26-15(3)4/h14-15H,5-13H2,1-4H3,(H,19,22)(H,20,23). The van der Waals surface area contributed by atoms with E-state index in [0.29, 0.717) is 39.3 Å². The van der Waals surface area contributed by atoms with E-state index in [1.165, 1.54) is 0 Å². The van der Waals surface area contributed by atoms with Crippen molar-refractivity contribution in [2.45, 2.75) is 46.6 Å². The van der Waals surface area contributed by atoms with Crippen LogP contribution >= 0.6 is 0 Å². The minimum absolute atomic E-state index is 0.0171. The molecule has 0 aliphatic carbocycles. The van der Waals surface area contributed by atoms with Gasteiger partial charge in [0, 0.05) is 31.8 Å². The van der Waals surface area contributed by atoms with Crippen LogP contribution in [0.4, 0.5) is 0 Å². The number of ketones is 1. The number of hydrogen-bond donors (Lipinski definition) is 2. The fourth-order valence-corrected chi connectivity index (χ4v) is 1.74. The van der Waals surface area contributed by atoms with Crippen LogP contribution in [-0.2, 0) is 28.6 Å². The molecule has 0 fully saturated rings. The Hall–Kier alpha value is -1.51. The van der Waals surface area contributed by atoms with E-state index in [-0.39, 0.29) is 49.3 Å². The summed E-state index contributed by atoms with van der Waals surface area (Å²) in [6.07, 6.45) is 0.666. The lowest BCUT2D eigenvalue weighted by Crippen LogP contribution is -2.32. The van der Waals surface area contributed by atoms with Gasteiger partial charge in [-0.2, -0.15) is 0 Å². The maximum absolute atomic E-state index is 11.6. The Balaban J connectivity index is 3.39. The highest BCUT2D eigenvalue weighted by atomic mass is 16.5. The van der Waals surface area contributed by atoms with Crippen molar-refractivity contribution in [1.82, 2.24) is 10.6 Å². The van der Waals surface area contributed by atoms with Gasteiger partial charge in [-0.05, 0) is 13.8 Å². The van der Waals surface area contributed by atoms with Crippen LogP contribution in [0.15, 0.2) is 0 Å². The molecule has 0 aromatic heterocycles. The van der Waals surface area contributed by atoms with E-state index in [9.17, 15) is 14.4 Å². The Labute approximate surface area is 156 Å². The molecule has 0 unspecified atom stereocenters. The molecule has 0 heterocycles. The van der Waals surface area contributed by atoms with Crippen LogP contribution in [0.1, 0.15) is 40.5 Å². The molecule has 0 atom stereocenters. The molecule has 0 rings (SSSR count). The normalized spacial score (nSPS) is 11.0. The second-order valence-electron chi connectivity index (χ2n) is 6.41. The molecule has 0 saturated heterocycles. The molecular weight excluding hydrogens is 340 g/mol. The van der Waals surface area contributed by atoms with Gasteiger partial charge in [-0.25, -0.2) is 0 Å². The van der Waals surface area contributed by atoms with E-state index in [2.05, 4.69) is 10.6 Å². The number of ether oxygens (including phenoxy) is 3. The van der Waals surface area contributed by atoms with Gasteiger partial charge in [0.25, 0.3) is 0 Å². The van der Waals surface area contributed by atoms with Gasteiger partial charge in [-0.1, -0.05) is 13.8 Å². The quantitative estimate of drug-likeness (QED) is 0.385. The highest BCUT2D eigenvalue weighted by Gasteiger charge is 2.06. The predicted molar refractivity (Wildman–Crippen MR) is 97.8 cm³/mol. The van der Waals surface area contributed by atoms with Crippen LogP contribution in [0, 0.1) is 5.92 Å². The Bertz CT molecular complexity index is 412. The first-order valence-corrected chi connectivity index (χ1v) is 9.16. The van der Waals surface area contributed by atoms with Gasteiger partial charge < -0.3 is 24.8 Å². The number of nitrogens with one attached hydrogen (secondary N) is 2. The largest absolute Gasteiger partial charge is 0.379 e. The van der Waals surface area contributed by atoms with E-state index < -0.39 is 0 Å². The Kier molecular flexibility index (Phi) is 14.8. The first-order valence-electron chi connectivity index (χ1n) is 9.16. The van der Waals surface area contributed by atoms with Crippen LogP contribution in [0.25, 0.3) is 0 Å². The third-order valence-electron chi connectivity index (χ3n) is 3.30. The van der Waals surface area contributed by atoms with Crippen molar-refractivity contribution in [3.63, 3.8) is 0 Å². The molecule has 0 bridgehead atoms. The number of Topliss-reactive ketones (excluding diaryl/α,β-unsaturated/α-hetero) is 1. The maximum atomic E-state index is 11.6. The number of carbonyl (C=O) groups excluding carboxylic acids is 3. The molecule has 0 radical (unpaired) electrons. The van der Waals surface area contributed by atoms with Crippen molar-refractivity contribution in [2.75, 3.05) is 46.1 Å². The van der Waals surface area contributed by atoms with E-state index in [4.69, 9.17) is 14.2 Å². The lowest BCUT2D eigenvalue weighted by Gasteiger charge is -2.09. The zero-order chi connectivity index (χ0) is 19.8. The lowest BCUT2D eigenvalue weighted by atomic mass is 10.1. The highest BCUT2D eigenvalue weighted by molar-refractivity contribution is 5.80. The average molecular weight is 374 g/mol. The molecule has 8 nitrogen and oxygen atoms in total. The maximum Gasteiger partial charge on any atom is 0.246 e. The molecular formula is C18H34N2O6. The van der Waals surface area contributed by atoms with Crippen molar-refractivity contribution in [1.29, 1.82) is 0 Å². The fourth-order valence-electron chi connectivity index (χ4n) is 1.74. The van der Waals surface area contributed by atoms with Crippen LogP contribution < -0.4 is 10.6 Å². The first kappa shape index (κ1) is 24.5. The summed E-state index contributed by atoms with van der Waals surface area (Å²) in [6.45, 7) is 9.65. The average Bonchev–Trinajstić information content (AvgIpc) is 2.58. The molecule has 2 N–H and O–H groups in total. The summed E-state index contributed by atoms with van der Waals surface area (Å²) < 4.78 is 15.8. The van der Waals surface area contributed by atoms with Gasteiger partial charge in [0.15, 0.2) is 0 Å². The van der Waals surface area contributed by atoms with Crippen molar-refractivity contribution in [2.24, 2.45) is 5.92 Å². The van der Waals surface area contributed by atoms with Crippen molar-refractivity contribution in [3.8, 4) is 0 Å². The fraction of sp³-hybridized carbons (Fsp3) is 0.833. The van der Waals surface area contributed by atoms with Crippen molar-refractivity contribution in [3.05, 3.63) is 0 Å². The summed E-state index contributed by atoms with van der Waals surface area (Å²) in [7, 11) is 0. The molecule has 0 aliphatic rings. The Morgan fingerprint density at radius 2 is 1.31 bits per heavy atom. The lowest BCUT2D eigenvalue weighted by molar-refractivity contribution is -0.127. The van der Waals surface area contributed by atoms with Crippen LogP contribution in [0.5, 0.6) is 0 Å². The summed E-state index contributed by atoms with van der Waals surface area (Å²) in [5.74, 6) is -0.105. The molecule has 26 heavy (non-hydrogen) atoms. The molecule has 0 spiro atoms. The van der Waals surface area contributed by atoms with Crippen LogP contribution in [-0.4, -0.2) is 69.8 Å². The number of carbonyl (C=O) groups is 3. The van der Waals surface area contributed by atoms with Crippen LogP contribution in [0.3, 0.4) is 0 Å². The van der Waals surface area contributed by atoms with Gasteiger partial charge in [0.05, 0.1) is 32.5 Å². The summed E-state index contributed by atoms with van der Waals surface area (Å²) >= 11 is 0. The van der Waals surface area contributed by atoms with Crippen LogP contribution in [0.2, 0.25) is 0 Å². The minimum Gasteiger partial charge on any atom is -0.379 e. The second kappa shape index (κ2) is 15.7.